The standard InChI is InChI=1S/C19H26N6O2/c1-3-21-19(27)17-10-16(12-24(17)11-15-5-7-20-8-6-15)23-18(26)13-25-14(2)4-9-22-25/h4-9,16-17H,3,10-13H2,1-2H3,(H,21,27)(H,23,26)/t16-,17-/m0/s1. The summed E-state index contributed by atoms with van der Waals surface area (Å²) in [5.41, 5.74) is 2.04. The van der Waals surface area contributed by atoms with Crippen molar-refractivity contribution >= 4 is 11.8 Å². The van der Waals surface area contributed by atoms with E-state index >= 15 is 0 Å². The van der Waals surface area contributed by atoms with E-state index in [1.54, 1.807) is 23.3 Å². The van der Waals surface area contributed by atoms with Crippen LogP contribution in [-0.2, 0) is 22.7 Å². The van der Waals surface area contributed by atoms with Crippen LogP contribution < -0.4 is 10.6 Å². The summed E-state index contributed by atoms with van der Waals surface area (Å²) in [6.45, 7) is 5.88. The van der Waals surface area contributed by atoms with Crippen molar-refractivity contribution in [3.63, 3.8) is 0 Å². The lowest BCUT2D eigenvalue weighted by Crippen LogP contribution is -2.42. The molecule has 1 saturated heterocycles. The molecule has 2 amide bonds. The molecular formula is C19H26N6O2. The summed E-state index contributed by atoms with van der Waals surface area (Å²) in [7, 11) is 0. The van der Waals surface area contributed by atoms with Gasteiger partial charge < -0.3 is 10.6 Å². The molecule has 8 nitrogen and oxygen atoms in total. The molecule has 3 rings (SSSR count). The first kappa shape index (κ1) is 19.0. The lowest BCUT2D eigenvalue weighted by molar-refractivity contribution is -0.126. The highest BCUT2D eigenvalue weighted by molar-refractivity contribution is 5.82. The number of likely N-dealkylation sites (tertiary alicyclic amines) is 1. The van der Waals surface area contributed by atoms with Crippen LogP contribution in [-0.4, -0.2) is 56.7 Å². The van der Waals surface area contributed by atoms with E-state index < -0.39 is 0 Å². The lowest BCUT2D eigenvalue weighted by atomic mass is 10.1. The summed E-state index contributed by atoms with van der Waals surface area (Å²) in [5.74, 6) is -0.0848. The summed E-state index contributed by atoms with van der Waals surface area (Å²) in [6, 6.07) is 5.44. The molecule has 2 N–H and O–H groups in total. The van der Waals surface area contributed by atoms with Crippen molar-refractivity contribution in [3.05, 3.63) is 48.0 Å². The minimum atomic E-state index is -0.255. The van der Waals surface area contributed by atoms with Crippen molar-refractivity contribution in [1.82, 2.24) is 30.3 Å². The third-order valence-corrected chi connectivity index (χ3v) is 4.78. The van der Waals surface area contributed by atoms with Crippen LogP contribution in [0.1, 0.15) is 24.6 Å². The zero-order valence-corrected chi connectivity index (χ0v) is 15.8. The molecule has 144 valence electrons. The maximum absolute atomic E-state index is 12.5. The van der Waals surface area contributed by atoms with Gasteiger partial charge in [-0.15, -0.1) is 0 Å². The highest BCUT2D eigenvalue weighted by Gasteiger charge is 2.37. The van der Waals surface area contributed by atoms with Gasteiger partial charge in [-0.05, 0) is 44.0 Å². The summed E-state index contributed by atoms with van der Waals surface area (Å²) in [6.07, 6.45) is 5.77. The fraction of sp³-hybridized carbons (Fsp3) is 0.474. The number of pyridine rings is 1. The quantitative estimate of drug-likeness (QED) is 0.740. The van der Waals surface area contributed by atoms with E-state index in [2.05, 4.69) is 25.6 Å². The number of aromatic nitrogens is 3. The molecule has 8 heteroatoms. The number of carbonyl (C=O) groups excluding carboxylic acids is 2. The van der Waals surface area contributed by atoms with E-state index in [1.807, 2.05) is 32.0 Å². The number of likely N-dealkylation sites (N-methyl/N-ethyl adjacent to an activating group) is 1. The number of hydrogen-bond acceptors (Lipinski definition) is 5. The Bertz CT molecular complexity index is 776. The first-order chi connectivity index (χ1) is 13.1. The van der Waals surface area contributed by atoms with Crippen LogP contribution in [0.5, 0.6) is 0 Å². The van der Waals surface area contributed by atoms with Gasteiger partial charge in [0.25, 0.3) is 0 Å². The predicted octanol–water partition coefficient (Wildman–Crippen LogP) is 0.482. The SMILES string of the molecule is CCNC(=O)[C@@H]1C[C@H](NC(=O)Cn2nccc2C)CN1Cc1ccncc1. The Balaban J connectivity index is 1.63. The summed E-state index contributed by atoms with van der Waals surface area (Å²) < 4.78 is 1.67. The fourth-order valence-corrected chi connectivity index (χ4v) is 3.44. The largest absolute Gasteiger partial charge is 0.355 e. The van der Waals surface area contributed by atoms with E-state index in [0.717, 1.165) is 11.3 Å². The summed E-state index contributed by atoms with van der Waals surface area (Å²) >= 11 is 0. The molecule has 0 unspecified atom stereocenters. The van der Waals surface area contributed by atoms with E-state index in [-0.39, 0.29) is 30.4 Å². The maximum Gasteiger partial charge on any atom is 0.242 e. The van der Waals surface area contributed by atoms with Crippen LogP contribution in [0.4, 0.5) is 0 Å². The average Bonchev–Trinajstić information content (AvgIpc) is 3.22. The highest BCUT2D eigenvalue weighted by atomic mass is 16.2. The first-order valence-corrected chi connectivity index (χ1v) is 9.25. The molecule has 0 radical (unpaired) electrons. The van der Waals surface area contributed by atoms with Crippen LogP contribution in [0.15, 0.2) is 36.8 Å². The Labute approximate surface area is 159 Å². The Kier molecular flexibility index (Phi) is 6.18. The summed E-state index contributed by atoms with van der Waals surface area (Å²) in [4.78, 5) is 31.0. The maximum atomic E-state index is 12.5. The third-order valence-electron chi connectivity index (χ3n) is 4.78. The van der Waals surface area contributed by atoms with Crippen LogP contribution in [0, 0.1) is 6.92 Å². The van der Waals surface area contributed by atoms with Gasteiger partial charge in [0.2, 0.25) is 11.8 Å². The number of hydrogen-bond donors (Lipinski definition) is 2. The van der Waals surface area contributed by atoms with E-state index in [9.17, 15) is 9.59 Å². The second-order valence-electron chi connectivity index (χ2n) is 6.83. The van der Waals surface area contributed by atoms with Crippen molar-refractivity contribution < 1.29 is 9.59 Å². The Hall–Kier alpha value is -2.74. The number of aryl methyl sites for hydroxylation is 1. The molecule has 3 heterocycles. The predicted molar refractivity (Wildman–Crippen MR) is 101 cm³/mol. The fourth-order valence-electron chi connectivity index (χ4n) is 3.44. The molecule has 0 spiro atoms. The highest BCUT2D eigenvalue weighted by Crippen LogP contribution is 2.21. The summed E-state index contributed by atoms with van der Waals surface area (Å²) in [5, 5.41) is 10.1. The smallest absolute Gasteiger partial charge is 0.242 e. The van der Waals surface area contributed by atoms with Gasteiger partial charge in [0.1, 0.15) is 6.54 Å². The number of nitrogens with zero attached hydrogens (tertiary/aromatic N) is 4. The zero-order valence-electron chi connectivity index (χ0n) is 15.8. The first-order valence-electron chi connectivity index (χ1n) is 9.25. The minimum absolute atomic E-state index is 0.00576. The average molecular weight is 370 g/mol. The van der Waals surface area contributed by atoms with Crippen molar-refractivity contribution in [3.8, 4) is 0 Å². The van der Waals surface area contributed by atoms with E-state index in [4.69, 9.17) is 0 Å². The molecule has 0 saturated carbocycles. The number of amides is 2. The van der Waals surface area contributed by atoms with Gasteiger partial charge in [0, 0.05) is 50.0 Å². The van der Waals surface area contributed by atoms with E-state index in [0.29, 0.717) is 26.1 Å². The molecule has 1 fully saturated rings. The lowest BCUT2D eigenvalue weighted by Gasteiger charge is -2.23. The number of carbonyl (C=O) groups is 2. The van der Waals surface area contributed by atoms with Gasteiger partial charge in [-0.1, -0.05) is 0 Å². The normalized spacial score (nSPS) is 19.8. The van der Waals surface area contributed by atoms with Crippen LogP contribution in [0.25, 0.3) is 0 Å². The molecule has 0 bridgehead atoms. The molecule has 0 aliphatic carbocycles. The molecule has 27 heavy (non-hydrogen) atoms. The molecule has 2 aromatic rings. The Morgan fingerprint density at radius 3 is 2.67 bits per heavy atom. The number of nitrogens with one attached hydrogen (secondary N) is 2. The van der Waals surface area contributed by atoms with E-state index in [1.165, 1.54) is 0 Å². The molecule has 1 aliphatic rings. The second kappa shape index (κ2) is 8.77. The minimum Gasteiger partial charge on any atom is -0.355 e. The van der Waals surface area contributed by atoms with Gasteiger partial charge in [0.15, 0.2) is 0 Å². The topological polar surface area (TPSA) is 92.2 Å². The van der Waals surface area contributed by atoms with Crippen molar-refractivity contribution in [2.75, 3.05) is 13.1 Å². The van der Waals surface area contributed by atoms with Crippen LogP contribution in [0.3, 0.4) is 0 Å². The van der Waals surface area contributed by atoms with Gasteiger partial charge in [-0.25, -0.2) is 0 Å². The van der Waals surface area contributed by atoms with Gasteiger partial charge >= 0.3 is 0 Å². The molecule has 2 atom stereocenters. The van der Waals surface area contributed by atoms with Gasteiger partial charge in [-0.2, -0.15) is 5.10 Å². The van der Waals surface area contributed by atoms with Gasteiger partial charge in [0.05, 0.1) is 6.04 Å². The number of rotatable bonds is 7. The molecule has 0 aromatic carbocycles. The molecule has 1 aliphatic heterocycles. The second-order valence-corrected chi connectivity index (χ2v) is 6.83. The van der Waals surface area contributed by atoms with Crippen molar-refractivity contribution in [2.24, 2.45) is 0 Å². The van der Waals surface area contributed by atoms with Crippen LogP contribution in [0.2, 0.25) is 0 Å². The zero-order chi connectivity index (χ0) is 19.2. The monoisotopic (exact) mass is 370 g/mol. The Morgan fingerprint density at radius 1 is 1.22 bits per heavy atom. The Morgan fingerprint density at radius 2 is 2.00 bits per heavy atom. The third kappa shape index (κ3) is 4.91. The van der Waals surface area contributed by atoms with Gasteiger partial charge in [-0.3, -0.25) is 24.2 Å². The molecular weight excluding hydrogens is 344 g/mol. The van der Waals surface area contributed by atoms with Crippen molar-refractivity contribution in [1.29, 1.82) is 0 Å². The molecule has 2 aromatic heterocycles. The van der Waals surface area contributed by atoms with Crippen molar-refractivity contribution in [2.45, 2.75) is 45.4 Å². The van der Waals surface area contributed by atoms with Crippen LogP contribution >= 0.6 is 0 Å².